The van der Waals surface area contributed by atoms with Crippen LogP contribution >= 0.6 is 0 Å². The van der Waals surface area contributed by atoms with E-state index >= 15 is 0 Å². The van der Waals surface area contributed by atoms with Gasteiger partial charge in [0, 0.05) is 17.6 Å². The summed E-state index contributed by atoms with van der Waals surface area (Å²) in [6, 6.07) is 8.68. The molecule has 4 bridgehead atoms. The van der Waals surface area contributed by atoms with Crippen LogP contribution in [0.15, 0.2) is 24.3 Å². The summed E-state index contributed by atoms with van der Waals surface area (Å²) in [7, 11) is 0. The molecule has 0 spiro atoms. The highest BCUT2D eigenvalue weighted by atomic mass is 16.3. The van der Waals surface area contributed by atoms with Crippen molar-refractivity contribution in [3.05, 3.63) is 29.8 Å². The van der Waals surface area contributed by atoms with Crippen molar-refractivity contribution in [2.45, 2.75) is 51.1 Å². The monoisotopic (exact) mass is 271 g/mol. The second-order valence-electron chi connectivity index (χ2n) is 7.40. The Morgan fingerprint density at radius 3 is 2.20 bits per heavy atom. The fraction of sp³-hybridized carbons (Fsp3) is 0.667. The summed E-state index contributed by atoms with van der Waals surface area (Å²) < 4.78 is 0. The van der Waals surface area contributed by atoms with E-state index < -0.39 is 0 Å². The molecule has 4 saturated carbocycles. The zero-order valence-electron chi connectivity index (χ0n) is 12.3. The van der Waals surface area contributed by atoms with Gasteiger partial charge in [0.2, 0.25) is 0 Å². The molecule has 20 heavy (non-hydrogen) atoms. The first-order valence-electron chi connectivity index (χ1n) is 8.24. The third kappa shape index (κ3) is 2.05. The maximum Gasteiger partial charge on any atom is 0.120 e. The maximum atomic E-state index is 10.0. The second kappa shape index (κ2) is 4.77. The van der Waals surface area contributed by atoms with Gasteiger partial charge in [-0.2, -0.15) is 0 Å². The molecule has 2 heteroatoms. The van der Waals surface area contributed by atoms with Crippen LogP contribution in [-0.4, -0.2) is 11.1 Å². The molecule has 0 aliphatic heterocycles. The first-order chi connectivity index (χ1) is 9.70. The van der Waals surface area contributed by atoms with E-state index in [1.165, 1.54) is 32.1 Å². The van der Waals surface area contributed by atoms with Gasteiger partial charge < -0.3 is 10.4 Å². The van der Waals surface area contributed by atoms with E-state index in [2.05, 4.69) is 12.2 Å². The molecule has 0 aromatic heterocycles. The Morgan fingerprint density at radius 1 is 1.00 bits per heavy atom. The van der Waals surface area contributed by atoms with E-state index in [1.807, 2.05) is 18.2 Å². The number of hydrogen-bond donors (Lipinski definition) is 2. The average Bonchev–Trinajstić information content (AvgIpc) is 2.42. The summed E-state index contributed by atoms with van der Waals surface area (Å²) in [5.41, 5.74) is 1.04. The van der Waals surface area contributed by atoms with E-state index in [0.29, 0.717) is 11.8 Å². The van der Waals surface area contributed by atoms with Crippen LogP contribution in [0.4, 0.5) is 0 Å². The summed E-state index contributed by atoms with van der Waals surface area (Å²) in [6.07, 6.45) is 7.28. The minimum absolute atomic E-state index is 0.249. The Hall–Kier alpha value is -1.02. The van der Waals surface area contributed by atoms with Crippen LogP contribution in [0.25, 0.3) is 0 Å². The third-order valence-electron chi connectivity index (χ3n) is 6.07. The van der Waals surface area contributed by atoms with Gasteiger partial charge in [0.15, 0.2) is 0 Å². The van der Waals surface area contributed by atoms with Crippen molar-refractivity contribution in [3.63, 3.8) is 0 Å². The highest BCUT2D eigenvalue weighted by Crippen LogP contribution is 2.54. The predicted octanol–water partition coefficient (Wildman–Crippen LogP) is 3.87. The summed E-state index contributed by atoms with van der Waals surface area (Å²) in [6.45, 7) is 2.19. The van der Waals surface area contributed by atoms with Crippen molar-refractivity contribution < 1.29 is 5.11 Å². The SMILES string of the molecule is CC(NC1C2CC3CC(C2)CC1C3)c1ccccc1O. The highest BCUT2D eigenvalue weighted by molar-refractivity contribution is 5.34. The maximum absolute atomic E-state index is 10.0. The van der Waals surface area contributed by atoms with Crippen LogP contribution in [0.5, 0.6) is 5.75 Å². The van der Waals surface area contributed by atoms with Gasteiger partial charge in [-0.1, -0.05) is 18.2 Å². The number of nitrogens with one attached hydrogen (secondary N) is 1. The molecule has 5 rings (SSSR count). The van der Waals surface area contributed by atoms with E-state index in [1.54, 1.807) is 6.07 Å². The molecule has 1 aromatic rings. The molecule has 0 saturated heterocycles. The van der Waals surface area contributed by atoms with Gasteiger partial charge in [-0.15, -0.1) is 0 Å². The number of benzene rings is 1. The molecular formula is C18H25NO. The first kappa shape index (κ1) is 12.7. The molecular weight excluding hydrogens is 246 g/mol. The Bertz CT molecular complexity index is 470. The number of rotatable bonds is 3. The summed E-state index contributed by atoms with van der Waals surface area (Å²) in [4.78, 5) is 0. The van der Waals surface area contributed by atoms with Crippen LogP contribution in [0.2, 0.25) is 0 Å². The van der Waals surface area contributed by atoms with Gasteiger partial charge in [-0.25, -0.2) is 0 Å². The zero-order valence-corrected chi connectivity index (χ0v) is 12.3. The normalized spacial score (nSPS) is 40.0. The topological polar surface area (TPSA) is 32.3 Å². The molecule has 2 nitrogen and oxygen atoms in total. The molecule has 0 radical (unpaired) electrons. The van der Waals surface area contributed by atoms with Crippen LogP contribution in [-0.2, 0) is 0 Å². The van der Waals surface area contributed by atoms with Crippen molar-refractivity contribution in [2.24, 2.45) is 23.7 Å². The highest BCUT2D eigenvalue weighted by Gasteiger charge is 2.48. The molecule has 1 unspecified atom stereocenters. The largest absolute Gasteiger partial charge is 0.508 e. The summed E-state index contributed by atoms with van der Waals surface area (Å²) in [5, 5.41) is 13.9. The lowest BCUT2D eigenvalue weighted by Crippen LogP contribution is -2.54. The van der Waals surface area contributed by atoms with Gasteiger partial charge in [-0.3, -0.25) is 0 Å². The van der Waals surface area contributed by atoms with Crippen molar-refractivity contribution in [1.82, 2.24) is 5.32 Å². The van der Waals surface area contributed by atoms with Crippen LogP contribution in [0.3, 0.4) is 0 Å². The average molecular weight is 271 g/mol. The lowest BCUT2D eigenvalue weighted by Gasteiger charge is -2.55. The standard InChI is InChI=1S/C18H25NO/c1-11(16-4-2-3-5-17(16)20)19-18-14-7-12-6-13(9-14)10-15(18)8-12/h2-5,11-15,18-20H,6-10H2,1H3. The Labute approximate surface area is 121 Å². The molecule has 2 N–H and O–H groups in total. The van der Waals surface area contributed by atoms with E-state index in [9.17, 15) is 5.11 Å². The summed E-state index contributed by atoms with van der Waals surface area (Å²) >= 11 is 0. The van der Waals surface area contributed by atoms with E-state index in [4.69, 9.17) is 0 Å². The van der Waals surface area contributed by atoms with Crippen LogP contribution < -0.4 is 5.32 Å². The van der Waals surface area contributed by atoms with E-state index in [0.717, 1.165) is 29.2 Å². The fourth-order valence-corrected chi connectivity index (χ4v) is 5.43. The van der Waals surface area contributed by atoms with Crippen molar-refractivity contribution in [3.8, 4) is 5.75 Å². The van der Waals surface area contributed by atoms with Crippen LogP contribution in [0.1, 0.15) is 50.6 Å². The predicted molar refractivity (Wildman–Crippen MR) is 80.5 cm³/mol. The Morgan fingerprint density at radius 2 is 1.60 bits per heavy atom. The number of phenols is 1. The number of phenolic OH excluding ortho intramolecular Hbond substituents is 1. The first-order valence-corrected chi connectivity index (χ1v) is 8.24. The van der Waals surface area contributed by atoms with Crippen molar-refractivity contribution in [1.29, 1.82) is 0 Å². The van der Waals surface area contributed by atoms with Gasteiger partial charge in [0.05, 0.1) is 0 Å². The van der Waals surface area contributed by atoms with E-state index in [-0.39, 0.29) is 6.04 Å². The second-order valence-corrected chi connectivity index (χ2v) is 7.40. The molecule has 4 aliphatic rings. The number of hydrogen-bond acceptors (Lipinski definition) is 2. The van der Waals surface area contributed by atoms with Gasteiger partial charge in [-0.05, 0) is 68.8 Å². The molecule has 108 valence electrons. The van der Waals surface area contributed by atoms with Gasteiger partial charge in [0.25, 0.3) is 0 Å². The Kier molecular flexibility index (Phi) is 3.03. The number of aromatic hydroxyl groups is 1. The Balaban J connectivity index is 1.50. The molecule has 1 aromatic carbocycles. The quantitative estimate of drug-likeness (QED) is 0.874. The molecule has 4 fully saturated rings. The lowest BCUT2D eigenvalue weighted by atomic mass is 9.54. The molecule has 4 aliphatic carbocycles. The van der Waals surface area contributed by atoms with Crippen LogP contribution in [0, 0.1) is 23.7 Å². The molecule has 1 atom stereocenters. The third-order valence-corrected chi connectivity index (χ3v) is 6.07. The fourth-order valence-electron chi connectivity index (χ4n) is 5.43. The van der Waals surface area contributed by atoms with Crippen molar-refractivity contribution in [2.75, 3.05) is 0 Å². The lowest BCUT2D eigenvalue weighted by molar-refractivity contribution is -0.0171. The zero-order chi connectivity index (χ0) is 13.7. The smallest absolute Gasteiger partial charge is 0.120 e. The summed E-state index contributed by atoms with van der Waals surface area (Å²) in [5.74, 6) is 4.25. The minimum Gasteiger partial charge on any atom is -0.508 e. The molecule has 0 amide bonds. The van der Waals surface area contributed by atoms with Gasteiger partial charge in [0.1, 0.15) is 5.75 Å². The van der Waals surface area contributed by atoms with Gasteiger partial charge >= 0.3 is 0 Å². The molecule has 0 heterocycles. The minimum atomic E-state index is 0.249. The van der Waals surface area contributed by atoms with Crippen molar-refractivity contribution >= 4 is 0 Å². The number of para-hydroxylation sites is 1.